The molecule has 0 spiro atoms. The molecule has 0 aromatic heterocycles. The molecule has 0 atom stereocenters. The van der Waals surface area contributed by atoms with Gasteiger partial charge in [0.1, 0.15) is 0 Å². The van der Waals surface area contributed by atoms with E-state index < -0.39 is 17.6 Å². The second-order valence-corrected chi connectivity index (χ2v) is 8.08. The molecule has 1 rings (SSSR count). The van der Waals surface area contributed by atoms with Crippen molar-refractivity contribution in [3.05, 3.63) is 21.7 Å². The fourth-order valence-electron chi connectivity index (χ4n) is 2.22. The predicted octanol–water partition coefficient (Wildman–Crippen LogP) is 3.96. The summed E-state index contributed by atoms with van der Waals surface area (Å²) in [6.45, 7) is 11.9. The smallest absolute Gasteiger partial charge is 0.406 e. The zero-order valence-electron chi connectivity index (χ0n) is 14.2. The minimum Gasteiger partial charge on any atom is -0.406 e. The van der Waals surface area contributed by atoms with Crippen molar-refractivity contribution in [2.24, 2.45) is 11.5 Å². The number of primary amides is 2. The molecule has 0 unspecified atom stereocenters. The highest BCUT2D eigenvalue weighted by Gasteiger charge is 2.32. The number of halogens is 1. The summed E-state index contributed by atoms with van der Waals surface area (Å²) in [5.74, 6) is 0.151. The minimum absolute atomic E-state index is 0.0642. The van der Waals surface area contributed by atoms with Gasteiger partial charge in [0.15, 0.2) is 11.5 Å². The number of nitrogens with two attached hydrogens (primary N) is 2. The lowest BCUT2D eigenvalue weighted by Gasteiger charge is -2.30. The van der Waals surface area contributed by atoms with Gasteiger partial charge < -0.3 is 20.9 Å². The fraction of sp³-hybridized carbons (Fsp3) is 0.500. The number of carbonyl (C=O) groups is 2. The maximum absolute atomic E-state index is 11.3. The van der Waals surface area contributed by atoms with Crippen molar-refractivity contribution in [1.82, 2.24) is 0 Å². The topological polar surface area (TPSA) is 105 Å². The molecule has 0 aliphatic rings. The molecule has 0 fully saturated rings. The predicted molar refractivity (Wildman–Crippen MR) is 92.0 cm³/mol. The lowest BCUT2D eigenvalue weighted by molar-refractivity contribution is 0.199. The van der Waals surface area contributed by atoms with Crippen LogP contribution in [0.3, 0.4) is 0 Å². The summed E-state index contributed by atoms with van der Waals surface area (Å²) >= 11 is 3.59. The molecule has 0 heterocycles. The van der Waals surface area contributed by atoms with E-state index >= 15 is 0 Å². The molecule has 0 radical (unpaired) electrons. The van der Waals surface area contributed by atoms with E-state index in [1.165, 1.54) is 0 Å². The average molecular weight is 387 g/mol. The number of amides is 2. The SMILES string of the molecule is CC(C)(C)c1cc(OC(N)=O)c(OC(N)=O)c(C(C)(C)C)c1Br. The molecule has 0 aliphatic carbocycles. The van der Waals surface area contributed by atoms with E-state index in [9.17, 15) is 9.59 Å². The first-order chi connectivity index (χ1) is 10.2. The number of rotatable bonds is 2. The number of hydrogen-bond donors (Lipinski definition) is 2. The molecule has 1 aromatic rings. The third-order valence-corrected chi connectivity index (χ3v) is 3.98. The molecular weight excluding hydrogens is 364 g/mol. The van der Waals surface area contributed by atoms with Crippen molar-refractivity contribution in [3.8, 4) is 11.5 Å². The summed E-state index contributed by atoms with van der Waals surface area (Å²) in [6.07, 6.45) is -2.00. The van der Waals surface area contributed by atoms with Crippen molar-refractivity contribution in [2.75, 3.05) is 0 Å². The molecule has 4 N–H and O–H groups in total. The second kappa shape index (κ2) is 6.39. The van der Waals surface area contributed by atoms with Gasteiger partial charge in [0, 0.05) is 10.0 Å². The Hall–Kier alpha value is -1.76. The quantitative estimate of drug-likeness (QED) is 0.801. The van der Waals surface area contributed by atoms with Gasteiger partial charge in [0.2, 0.25) is 0 Å². The Labute approximate surface area is 144 Å². The van der Waals surface area contributed by atoms with Gasteiger partial charge in [-0.1, -0.05) is 57.5 Å². The Morgan fingerprint density at radius 3 is 1.78 bits per heavy atom. The van der Waals surface area contributed by atoms with Gasteiger partial charge in [-0.2, -0.15) is 0 Å². The first kappa shape index (κ1) is 19.3. The molecule has 128 valence electrons. The highest BCUT2D eigenvalue weighted by atomic mass is 79.9. The lowest BCUT2D eigenvalue weighted by atomic mass is 9.80. The summed E-state index contributed by atoms with van der Waals surface area (Å²) in [5.41, 5.74) is 11.2. The summed E-state index contributed by atoms with van der Waals surface area (Å²) in [5, 5.41) is 0. The zero-order valence-corrected chi connectivity index (χ0v) is 15.8. The largest absolute Gasteiger partial charge is 0.410 e. The van der Waals surface area contributed by atoms with Crippen LogP contribution in [0.4, 0.5) is 9.59 Å². The van der Waals surface area contributed by atoms with Crippen LogP contribution in [0.2, 0.25) is 0 Å². The van der Waals surface area contributed by atoms with Crippen LogP contribution in [0.15, 0.2) is 10.5 Å². The van der Waals surface area contributed by atoms with Crippen LogP contribution >= 0.6 is 15.9 Å². The molecule has 2 amide bonds. The summed E-state index contributed by atoms with van der Waals surface area (Å²) in [7, 11) is 0. The zero-order chi connectivity index (χ0) is 18.2. The van der Waals surface area contributed by atoms with Gasteiger partial charge in [-0.3, -0.25) is 0 Å². The van der Waals surface area contributed by atoms with Crippen LogP contribution in [0.25, 0.3) is 0 Å². The van der Waals surface area contributed by atoms with Crippen molar-refractivity contribution in [3.63, 3.8) is 0 Å². The maximum atomic E-state index is 11.3. The molecular formula is C16H23BrN2O4. The van der Waals surface area contributed by atoms with Crippen LogP contribution < -0.4 is 20.9 Å². The molecule has 0 bridgehead atoms. The van der Waals surface area contributed by atoms with Crippen LogP contribution in [-0.2, 0) is 10.8 Å². The average Bonchev–Trinajstić information content (AvgIpc) is 2.27. The summed E-state index contributed by atoms with van der Waals surface area (Å²) in [4.78, 5) is 22.5. The van der Waals surface area contributed by atoms with E-state index in [0.29, 0.717) is 5.56 Å². The Morgan fingerprint density at radius 2 is 1.43 bits per heavy atom. The van der Waals surface area contributed by atoms with Gasteiger partial charge in [-0.15, -0.1) is 0 Å². The number of ether oxygens (including phenoxy) is 2. The Kier molecular flexibility index (Phi) is 5.36. The third kappa shape index (κ3) is 4.60. The van der Waals surface area contributed by atoms with E-state index in [2.05, 4.69) is 15.9 Å². The van der Waals surface area contributed by atoms with E-state index in [1.54, 1.807) is 6.07 Å². The number of benzene rings is 1. The second-order valence-electron chi connectivity index (χ2n) is 7.28. The Balaban J connectivity index is 3.86. The standard InChI is InChI=1S/C16H23BrN2O4/c1-15(2,3)8-7-9(22-13(18)20)12(23-14(19)21)10(11(8)17)16(4,5)6/h7H,1-6H3,(H2,18,20)(H2,19,21). The van der Waals surface area contributed by atoms with Crippen LogP contribution in [0, 0.1) is 0 Å². The van der Waals surface area contributed by atoms with Crippen molar-refractivity contribution >= 4 is 28.1 Å². The van der Waals surface area contributed by atoms with Gasteiger partial charge in [0.05, 0.1) is 0 Å². The van der Waals surface area contributed by atoms with Crippen LogP contribution in [0.5, 0.6) is 11.5 Å². The van der Waals surface area contributed by atoms with Crippen LogP contribution in [-0.4, -0.2) is 12.2 Å². The van der Waals surface area contributed by atoms with E-state index in [1.807, 2.05) is 41.5 Å². The molecule has 0 saturated carbocycles. The van der Waals surface area contributed by atoms with Gasteiger partial charge >= 0.3 is 12.2 Å². The summed E-state index contributed by atoms with van der Waals surface area (Å²) in [6, 6.07) is 1.63. The van der Waals surface area contributed by atoms with E-state index in [-0.39, 0.29) is 16.9 Å². The van der Waals surface area contributed by atoms with E-state index in [4.69, 9.17) is 20.9 Å². The summed E-state index contributed by atoms with van der Waals surface area (Å²) < 4.78 is 11.0. The molecule has 1 aromatic carbocycles. The lowest BCUT2D eigenvalue weighted by Crippen LogP contribution is -2.25. The monoisotopic (exact) mass is 386 g/mol. The molecule has 0 aliphatic heterocycles. The maximum Gasteiger partial charge on any atom is 0.410 e. The van der Waals surface area contributed by atoms with Crippen molar-refractivity contribution < 1.29 is 19.1 Å². The first-order valence-electron chi connectivity index (χ1n) is 7.07. The Bertz CT molecular complexity index is 643. The third-order valence-electron chi connectivity index (χ3n) is 3.15. The van der Waals surface area contributed by atoms with Crippen molar-refractivity contribution in [1.29, 1.82) is 0 Å². The van der Waals surface area contributed by atoms with Gasteiger partial charge in [0.25, 0.3) is 0 Å². The molecule has 0 saturated heterocycles. The van der Waals surface area contributed by atoms with Crippen molar-refractivity contribution in [2.45, 2.75) is 52.4 Å². The van der Waals surface area contributed by atoms with E-state index in [0.717, 1.165) is 10.0 Å². The fourth-order valence-corrected chi connectivity index (χ4v) is 3.70. The Morgan fingerprint density at radius 1 is 0.957 bits per heavy atom. The van der Waals surface area contributed by atoms with Gasteiger partial charge in [-0.05, 0) is 22.5 Å². The van der Waals surface area contributed by atoms with Gasteiger partial charge in [-0.25, -0.2) is 9.59 Å². The highest BCUT2D eigenvalue weighted by molar-refractivity contribution is 9.10. The number of carbonyl (C=O) groups excluding carboxylic acids is 2. The van der Waals surface area contributed by atoms with Crippen LogP contribution in [0.1, 0.15) is 52.7 Å². The number of hydrogen-bond acceptors (Lipinski definition) is 4. The normalized spacial score (nSPS) is 12.0. The molecule has 23 heavy (non-hydrogen) atoms. The molecule has 7 heteroatoms. The molecule has 6 nitrogen and oxygen atoms in total. The highest BCUT2D eigenvalue weighted by Crippen LogP contribution is 2.48. The minimum atomic E-state index is -1.000. The first-order valence-corrected chi connectivity index (χ1v) is 7.86.